The van der Waals surface area contributed by atoms with E-state index >= 15 is 0 Å². The fraction of sp³-hybridized carbons (Fsp3) is 0.692. The molecule has 1 aliphatic carbocycles. The van der Waals surface area contributed by atoms with Gasteiger partial charge in [0.2, 0.25) is 0 Å². The molecule has 5 nitrogen and oxygen atoms in total. The van der Waals surface area contributed by atoms with Gasteiger partial charge in [0.25, 0.3) is 5.91 Å². The van der Waals surface area contributed by atoms with E-state index in [0.29, 0.717) is 18.8 Å². The number of hydrogen-bond donors (Lipinski definition) is 2. The molecule has 18 heavy (non-hydrogen) atoms. The van der Waals surface area contributed by atoms with Crippen molar-refractivity contribution in [3.63, 3.8) is 0 Å². The molecule has 0 aromatic carbocycles. The highest BCUT2D eigenvalue weighted by Crippen LogP contribution is 2.47. The van der Waals surface area contributed by atoms with E-state index in [1.807, 2.05) is 19.9 Å². The van der Waals surface area contributed by atoms with E-state index in [0.717, 1.165) is 25.0 Å². The van der Waals surface area contributed by atoms with Crippen LogP contribution in [-0.4, -0.2) is 33.9 Å². The second kappa shape index (κ2) is 5.10. The van der Waals surface area contributed by atoms with Crippen molar-refractivity contribution in [2.45, 2.75) is 39.7 Å². The summed E-state index contributed by atoms with van der Waals surface area (Å²) in [5.74, 6) is -0.0679. The van der Waals surface area contributed by atoms with Gasteiger partial charge in [0.15, 0.2) is 0 Å². The lowest BCUT2D eigenvalue weighted by atomic mass is 10.0. The molecule has 0 aliphatic heterocycles. The summed E-state index contributed by atoms with van der Waals surface area (Å²) < 4.78 is 1.72. The van der Waals surface area contributed by atoms with Crippen molar-refractivity contribution < 1.29 is 9.90 Å². The molecule has 1 amide bonds. The fourth-order valence-corrected chi connectivity index (χ4v) is 2.26. The Balaban J connectivity index is 1.95. The van der Waals surface area contributed by atoms with Crippen LogP contribution in [0, 0.1) is 12.3 Å². The van der Waals surface area contributed by atoms with Gasteiger partial charge in [-0.2, -0.15) is 5.10 Å². The summed E-state index contributed by atoms with van der Waals surface area (Å²) in [4.78, 5) is 12.1. The standard InChI is InChI=1S/C13H21N3O2/c1-3-16-11(8-10(2)15-16)12(18)14-9-13(4-5-13)6-7-17/h8,17H,3-7,9H2,1-2H3,(H,14,18). The van der Waals surface area contributed by atoms with Crippen molar-refractivity contribution in [1.82, 2.24) is 15.1 Å². The first-order valence-corrected chi connectivity index (χ1v) is 6.54. The molecule has 1 fully saturated rings. The molecule has 0 atom stereocenters. The van der Waals surface area contributed by atoms with Gasteiger partial charge >= 0.3 is 0 Å². The van der Waals surface area contributed by atoms with Crippen LogP contribution >= 0.6 is 0 Å². The van der Waals surface area contributed by atoms with Crippen molar-refractivity contribution in [2.75, 3.05) is 13.2 Å². The van der Waals surface area contributed by atoms with Crippen LogP contribution < -0.4 is 5.32 Å². The number of rotatable bonds is 6. The number of aryl methyl sites for hydroxylation is 2. The molecule has 0 radical (unpaired) electrons. The molecule has 2 rings (SSSR count). The van der Waals surface area contributed by atoms with Gasteiger partial charge in [0.05, 0.1) is 5.69 Å². The van der Waals surface area contributed by atoms with Crippen LogP contribution in [0.25, 0.3) is 0 Å². The number of carbonyl (C=O) groups excluding carboxylic acids is 1. The molecule has 1 aromatic heterocycles. The van der Waals surface area contributed by atoms with Gasteiger partial charge in [0.1, 0.15) is 5.69 Å². The van der Waals surface area contributed by atoms with E-state index < -0.39 is 0 Å². The summed E-state index contributed by atoms with van der Waals surface area (Å²) in [6.07, 6.45) is 2.97. The van der Waals surface area contributed by atoms with Crippen LogP contribution in [0.2, 0.25) is 0 Å². The number of aliphatic hydroxyl groups excluding tert-OH is 1. The Kier molecular flexibility index (Phi) is 3.71. The van der Waals surface area contributed by atoms with Crippen LogP contribution in [0.4, 0.5) is 0 Å². The van der Waals surface area contributed by atoms with Gasteiger partial charge in [-0.1, -0.05) is 0 Å². The Bertz CT molecular complexity index is 435. The first kappa shape index (κ1) is 13.1. The van der Waals surface area contributed by atoms with E-state index in [2.05, 4.69) is 10.4 Å². The number of nitrogens with one attached hydrogen (secondary N) is 1. The van der Waals surface area contributed by atoms with Gasteiger partial charge in [-0.3, -0.25) is 9.48 Å². The molecular weight excluding hydrogens is 230 g/mol. The van der Waals surface area contributed by atoms with E-state index in [9.17, 15) is 4.79 Å². The van der Waals surface area contributed by atoms with Crippen molar-refractivity contribution in [2.24, 2.45) is 5.41 Å². The maximum absolute atomic E-state index is 12.1. The average molecular weight is 251 g/mol. The lowest BCUT2D eigenvalue weighted by molar-refractivity contribution is 0.0930. The Morgan fingerprint density at radius 1 is 1.61 bits per heavy atom. The number of carbonyl (C=O) groups is 1. The SMILES string of the molecule is CCn1nc(C)cc1C(=O)NCC1(CCO)CC1. The first-order chi connectivity index (χ1) is 8.60. The van der Waals surface area contributed by atoms with Gasteiger partial charge in [-0.05, 0) is 44.6 Å². The van der Waals surface area contributed by atoms with Crippen molar-refractivity contribution in [1.29, 1.82) is 0 Å². The molecular formula is C13H21N3O2. The third-order valence-electron chi connectivity index (χ3n) is 3.66. The molecule has 0 unspecified atom stereocenters. The largest absolute Gasteiger partial charge is 0.396 e. The molecule has 100 valence electrons. The number of amides is 1. The van der Waals surface area contributed by atoms with Crippen molar-refractivity contribution >= 4 is 5.91 Å². The fourth-order valence-electron chi connectivity index (χ4n) is 2.26. The minimum atomic E-state index is -0.0679. The highest BCUT2D eigenvalue weighted by Gasteiger charge is 2.42. The Labute approximate surface area is 107 Å². The summed E-state index contributed by atoms with van der Waals surface area (Å²) in [5.41, 5.74) is 1.63. The lowest BCUT2D eigenvalue weighted by Crippen LogP contribution is -2.32. The van der Waals surface area contributed by atoms with Gasteiger partial charge < -0.3 is 10.4 Å². The smallest absolute Gasteiger partial charge is 0.269 e. The predicted molar refractivity (Wildman–Crippen MR) is 68.3 cm³/mol. The molecule has 0 spiro atoms. The quantitative estimate of drug-likeness (QED) is 0.795. The second-order valence-corrected chi connectivity index (χ2v) is 5.14. The van der Waals surface area contributed by atoms with Gasteiger partial charge in [-0.15, -0.1) is 0 Å². The van der Waals surface area contributed by atoms with Crippen LogP contribution in [0.3, 0.4) is 0 Å². The predicted octanol–water partition coefficient (Wildman–Crippen LogP) is 1.10. The Morgan fingerprint density at radius 2 is 2.33 bits per heavy atom. The zero-order valence-corrected chi connectivity index (χ0v) is 11.1. The number of aromatic nitrogens is 2. The third kappa shape index (κ3) is 2.72. The van der Waals surface area contributed by atoms with Crippen LogP contribution in [-0.2, 0) is 6.54 Å². The van der Waals surface area contributed by atoms with Crippen molar-refractivity contribution in [3.05, 3.63) is 17.5 Å². The van der Waals surface area contributed by atoms with Crippen molar-refractivity contribution in [3.8, 4) is 0 Å². The topological polar surface area (TPSA) is 67.2 Å². The number of aliphatic hydroxyl groups is 1. The monoisotopic (exact) mass is 251 g/mol. The van der Waals surface area contributed by atoms with Gasteiger partial charge in [0, 0.05) is 19.7 Å². The second-order valence-electron chi connectivity index (χ2n) is 5.14. The molecule has 5 heteroatoms. The number of hydrogen-bond acceptors (Lipinski definition) is 3. The summed E-state index contributed by atoms with van der Waals surface area (Å²) in [6, 6.07) is 1.81. The summed E-state index contributed by atoms with van der Waals surface area (Å²) in [7, 11) is 0. The molecule has 1 aliphatic rings. The molecule has 0 bridgehead atoms. The number of nitrogens with zero attached hydrogens (tertiary/aromatic N) is 2. The van der Waals surface area contributed by atoms with E-state index in [1.165, 1.54) is 0 Å². The normalized spacial score (nSPS) is 16.6. The maximum Gasteiger partial charge on any atom is 0.269 e. The van der Waals surface area contributed by atoms with Crippen LogP contribution in [0.1, 0.15) is 42.4 Å². The third-order valence-corrected chi connectivity index (χ3v) is 3.66. The summed E-state index contributed by atoms with van der Waals surface area (Å²) >= 11 is 0. The average Bonchev–Trinajstić information content (AvgIpc) is 3.01. The molecule has 1 heterocycles. The van der Waals surface area contributed by atoms with E-state index in [1.54, 1.807) is 4.68 Å². The van der Waals surface area contributed by atoms with Crippen LogP contribution in [0.5, 0.6) is 0 Å². The minimum Gasteiger partial charge on any atom is -0.396 e. The Morgan fingerprint density at radius 3 is 2.89 bits per heavy atom. The van der Waals surface area contributed by atoms with E-state index in [-0.39, 0.29) is 17.9 Å². The maximum atomic E-state index is 12.1. The van der Waals surface area contributed by atoms with Gasteiger partial charge in [-0.25, -0.2) is 0 Å². The zero-order valence-electron chi connectivity index (χ0n) is 11.1. The first-order valence-electron chi connectivity index (χ1n) is 6.54. The molecule has 1 aromatic rings. The minimum absolute atomic E-state index is 0.0679. The molecule has 0 saturated heterocycles. The van der Waals surface area contributed by atoms with E-state index in [4.69, 9.17) is 5.11 Å². The Hall–Kier alpha value is -1.36. The van der Waals surface area contributed by atoms with Crippen LogP contribution in [0.15, 0.2) is 6.07 Å². The highest BCUT2D eigenvalue weighted by molar-refractivity contribution is 5.92. The summed E-state index contributed by atoms with van der Waals surface area (Å²) in [6.45, 7) is 5.40. The zero-order chi connectivity index (χ0) is 13.2. The lowest BCUT2D eigenvalue weighted by Gasteiger charge is -2.14. The highest BCUT2D eigenvalue weighted by atomic mass is 16.3. The summed E-state index contributed by atoms with van der Waals surface area (Å²) in [5, 5.41) is 16.2. The molecule has 1 saturated carbocycles. The molecule has 2 N–H and O–H groups in total.